The number of carbonyl (C=O) groups is 1. The number of likely N-dealkylation sites (tertiary alicyclic amines) is 1. The molecule has 1 aromatic heterocycles. The third kappa shape index (κ3) is 3.67. The van der Waals surface area contributed by atoms with Gasteiger partial charge in [0.1, 0.15) is 6.54 Å². The van der Waals surface area contributed by atoms with Crippen molar-refractivity contribution >= 4 is 11.6 Å². The molecule has 1 aliphatic heterocycles. The van der Waals surface area contributed by atoms with Crippen LogP contribution in [0.2, 0.25) is 0 Å². The summed E-state index contributed by atoms with van der Waals surface area (Å²) in [5.41, 5.74) is 2.01. The first-order valence-electron chi connectivity index (χ1n) is 7.97. The Hall–Kier alpha value is -2.44. The van der Waals surface area contributed by atoms with Crippen molar-refractivity contribution in [1.29, 1.82) is 0 Å². The van der Waals surface area contributed by atoms with Gasteiger partial charge in [-0.15, -0.1) is 10.2 Å². The molecule has 1 fully saturated rings. The van der Waals surface area contributed by atoms with Crippen molar-refractivity contribution in [2.24, 2.45) is 0 Å². The molecule has 0 saturated carbocycles. The molecule has 0 atom stereocenters. The van der Waals surface area contributed by atoms with Crippen LogP contribution in [-0.4, -0.2) is 58.2 Å². The number of tetrazole rings is 1. The number of carbonyl (C=O) groups excluding carboxylic acids is 1. The first-order valence-corrected chi connectivity index (χ1v) is 7.97. The molecule has 1 aliphatic rings. The van der Waals surface area contributed by atoms with Crippen molar-refractivity contribution in [1.82, 2.24) is 25.1 Å². The molecule has 3 rings (SSSR count). The summed E-state index contributed by atoms with van der Waals surface area (Å²) in [5.74, 6) is 0.610. The summed E-state index contributed by atoms with van der Waals surface area (Å²) in [5, 5.41) is 12.4. The SMILES string of the molecule is CN(C)c1ccc(-c2nnn(CC(=O)N3CCCCC3)n2)cc1. The summed E-state index contributed by atoms with van der Waals surface area (Å²) in [6.07, 6.45) is 3.37. The fraction of sp³-hybridized carbons (Fsp3) is 0.500. The quantitative estimate of drug-likeness (QED) is 0.854. The van der Waals surface area contributed by atoms with E-state index >= 15 is 0 Å². The number of aromatic nitrogens is 4. The molecule has 0 radical (unpaired) electrons. The van der Waals surface area contributed by atoms with Crippen LogP contribution in [0.25, 0.3) is 11.4 Å². The van der Waals surface area contributed by atoms with Gasteiger partial charge >= 0.3 is 0 Å². The Kier molecular flexibility index (Phi) is 4.55. The second-order valence-electron chi connectivity index (χ2n) is 6.03. The molecular weight excluding hydrogens is 292 g/mol. The van der Waals surface area contributed by atoms with Gasteiger partial charge in [0.15, 0.2) is 0 Å². The Balaban J connectivity index is 1.66. The summed E-state index contributed by atoms with van der Waals surface area (Å²) in [7, 11) is 3.99. The van der Waals surface area contributed by atoms with Gasteiger partial charge in [0, 0.05) is 38.4 Å². The zero-order valence-corrected chi connectivity index (χ0v) is 13.6. The summed E-state index contributed by atoms with van der Waals surface area (Å²) in [6.45, 7) is 1.83. The molecule has 1 amide bonds. The topological polar surface area (TPSA) is 67.2 Å². The minimum atomic E-state index is 0.0663. The van der Waals surface area contributed by atoms with E-state index in [1.165, 1.54) is 11.2 Å². The van der Waals surface area contributed by atoms with Crippen LogP contribution >= 0.6 is 0 Å². The predicted octanol–water partition coefficient (Wildman–Crippen LogP) is 1.42. The van der Waals surface area contributed by atoms with Crippen molar-refractivity contribution in [3.63, 3.8) is 0 Å². The van der Waals surface area contributed by atoms with E-state index in [0.717, 1.165) is 37.2 Å². The molecule has 0 unspecified atom stereocenters. The minimum absolute atomic E-state index is 0.0663. The molecule has 2 aromatic rings. The molecule has 2 heterocycles. The fourth-order valence-corrected chi connectivity index (χ4v) is 2.70. The van der Waals surface area contributed by atoms with Gasteiger partial charge in [-0.05, 0) is 48.7 Å². The van der Waals surface area contributed by atoms with E-state index in [1.54, 1.807) is 0 Å². The highest BCUT2D eigenvalue weighted by Crippen LogP contribution is 2.18. The van der Waals surface area contributed by atoms with Crippen molar-refractivity contribution in [2.75, 3.05) is 32.1 Å². The highest BCUT2D eigenvalue weighted by Gasteiger charge is 2.18. The molecule has 7 heteroatoms. The molecule has 0 spiro atoms. The molecular formula is C16H22N6O. The van der Waals surface area contributed by atoms with Crippen LogP contribution in [0.3, 0.4) is 0 Å². The number of rotatable bonds is 4. The zero-order chi connectivity index (χ0) is 16.2. The van der Waals surface area contributed by atoms with E-state index in [9.17, 15) is 4.79 Å². The van der Waals surface area contributed by atoms with Crippen molar-refractivity contribution in [3.8, 4) is 11.4 Å². The number of piperidine rings is 1. The van der Waals surface area contributed by atoms with Crippen molar-refractivity contribution < 1.29 is 4.79 Å². The minimum Gasteiger partial charge on any atom is -0.378 e. The summed E-state index contributed by atoms with van der Waals surface area (Å²) in [4.78, 5) is 17.5. The Bertz CT molecular complexity index is 657. The third-order valence-corrected chi connectivity index (χ3v) is 4.08. The van der Waals surface area contributed by atoms with Gasteiger partial charge in [-0.2, -0.15) is 4.80 Å². The average molecular weight is 314 g/mol. The van der Waals surface area contributed by atoms with Crippen LogP contribution in [0.15, 0.2) is 24.3 Å². The summed E-state index contributed by atoms with van der Waals surface area (Å²) < 4.78 is 0. The summed E-state index contributed by atoms with van der Waals surface area (Å²) in [6, 6.07) is 7.94. The number of nitrogens with zero attached hydrogens (tertiary/aromatic N) is 6. The van der Waals surface area contributed by atoms with E-state index in [0.29, 0.717) is 5.82 Å². The van der Waals surface area contributed by atoms with E-state index in [4.69, 9.17) is 0 Å². The zero-order valence-electron chi connectivity index (χ0n) is 13.6. The maximum absolute atomic E-state index is 12.2. The van der Waals surface area contributed by atoms with Crippen molar-refractivity contribution in [3.05, 3.63) is 24.3 Å². The number of anilines is 1. The Labute approximate surface area is 135 Å². The van der Waals surface area contributed by atoms with E-state index in [2.05, 4.69) is 15.4 Å². The van der Waals surface area contributed by atoms with Gasteiger partial charge in [-0.1, -0.05) is 0 Å². The second kappa shape index (κ2) is 6.76. The van der Waals surface area contributed by atoms with Gasteiger partial charge in [0.05, 0.1) is 0 Å². The van der Waals surface area contributed by atoms with Crippen molar-refractivity contribution in [2.45, 2.75) is 25.8 Å². The fourth-order valence-electron chi connectivity index (χ4n) is 2.70. The smallest absolute Gasteiger partial charge is 0.246 e. The standard InChI is InChI=1S/C16H22N6O/c1-20(2)14-8-6-13(7-9-14)16-17-19-22(18-16)12-15(23)21-10-4-3-5-11-21/h6-9H,3-5,10-12H2,1-2H3. The van der Waals surface area contributed by atoms with Crippen LogP contribution in [0.1, 0.15) is 19.3 Å². The predicted molar refractivity (Wildman–Crippen MR) is 88.0 cm³/mol. The van der Waals surface area contributed by atoms with Gasteiger partial charge in [0.25, 0.3) is 0 Å². The van der Waals surface area contributed by atoms with Crippen LogP contribution < -0.4 is 4.90 Å². The highest BCUT2D eigenvalue weighted by molar-refractivity contribution is 5.75. The first-order chi connectivity index (χ1) is 11.1. The van der Waals surface area contributed by atoms with E-state index < -0.39 is 0 Å². The van der Waals surface area contributed by atoms with Gasteiger partial charge < -0.3 is 9.80 Å². The maximum Gasteiger partial charge on any atom is 0.246 e. The molecule has 1 saturated heterocycles. The van der Waals surface area contributed by atoms with Crippen LogP contribution in [-0.2, 0) is 11.3 Å². The Morgan fingerprint density at radius 2 is 1.83 bits per heavy atom. The molecule has 0 bridgehead atoms. The lowest BCUT2D eigenvalue weighted by atomic mass is 10.1. The normalized spacial score (nSPS) is 14.8. The van der Waals surface area contributed by atoms with Crippen LogP contribution in [0, 0.1) is 0 Å². The number of hydrogen-bond donors (Lipinski definition) is 0. The number of amides is 1. The Morgan fingerprint density at radius 3 is 2.48 bits per heavy atom. The van der Waals surface area contributed by atoms with E-state index in [1.807, 2.05) is 48.2 Å². The van der Waals surface area contributed by atoms with Gasteiger partial charge in [-0.3, -0.25) is 4.79 Å². The number of hydrogen-bond acceptors (Lipinski definition) is 5. The van der Waals surface area contributed by atoms with Crippen LogP contribution in [0.5, 0.6) is 0 Å². The van der Waals surface area contributed by atoms with Gasteiger partial charge in [-0.25, -0.2) is 0 Å². The lowest BCUT2D eigenvalue weighted by molar-refractivity contribution is -0.133. The van der Waals surface area contributed by atoms with E-state index in [-0.39, 0.29) is 12.5 Å². The number of benzene rings is 1. The molecule has 7 nitrogen and oxygen atoms in total. The summed E-state index contributed by atoms with van der Waals surface area (Å²) >= 11 is 0. The largest absolute Gasteiger partial charge is 0.378 e. The van der Waals surface area contributed by atoms with Crippen LogP contribution in [0.4, 0.5) is 5.69 Å². The molecule has 1 aromatic carbocycles. The van der Waals surface area contributed by atoms with Gasteiger partial charge in [0.2, 0.25) is 11.7 Å². The lowest BCUT2D eigenvalue weighted by Crippen LogP contribution is -2.38. The Morgan fingerprint density at radius 1 is 1.13 bits per heavy atom. The second-order valence-corrected chi connectivity index (χ2v) is 6.03. The third-order valence-electron chi connectivity index (χ3n) is 4.08. The molecule has 122 valence electrons. The lowest BCUT2D eigenvalue weighted by Gasteiger charge is -2.26. The molecule has 0 aliphatic carbocycles. The molecule has 23 heavy (non-hydrogen) atoms. The average Bonchev–Trinajstić information content (AvgIpc) is 3.04. The maximum atomic E-state index is 12.2. The molecule has 0 N–H and O–H groups in total. The monoisotopic (exact) mass is 314 g/mol. The highest BCUT2D eigenvalue weighted by atomic mass is 16.2. The first kappa shape index (κ1) is 15.5.